The van der Waals surface area contributed by atoms with E-state index < -0.39 is 33.6 Å². The fourth-order valence-corrected chi connectivity index (χ4v) is 2.88. The first-order chi connectivity index (χ1) is 12.9. The van der Waals surface area contributed by atoms with E-state index >= 15 is 0 Å². The van der Waals surface area contributed by atoms with Crippen LogP contribution in [0.15, 0.2) is 73.3 Å². The van der Waals surface area contributed by atoms with Gasteiger partial charge in [0.25, 0.3) is 5.56 Å². The third-order valence-electron chi connectivity index (χ3n) is 3.45. The lowest BCUT2D eigenvalue weighted by molar-refractivity contribution is 0.434. The van der Waals surface area contributed by atoms with Crippen LogP contribution in [0.3, 0.4) is 0 Å². The summed E-state index contributed by atoms with van der Waals surface area (Å²) in [6, 6.07) is 11.3. The summed E-state index contributed by atoms with van der Waals surface area (Å²) in [6.45, 7) is 0. The number of azo groups is 1. The van der Waals surface area contributed by atoms with E-state index in [0.29, 0.717) is 11.4 Å². The van der Waals surface area contributed by atoms with Crippen LogP contribution in [0.25, 0.3) is 5.69 Å². The maximum atomic E-state index is 12.0. The van der Waals surface area contributed by atoms with Crippen molar-refractivity contribution in [2.45, 2.75) is 9.79 Å². The summed E-state index contributed by atoms with van der Waals surface area (Å²) in [5.74, 6) is -0.491. The summed E-state index contributed by atoms with van der Waals surface area (Å²) in [7, 11) is 0. The van der Waals surface area contributed by atoms with Gasteiger partial charge in [0.15, 0.2) is 22.2 Å². The van der Waals surface area contributed by atoms with Crippen molar-refractivity contribution in [2.24, 2.45) is 10.2 Å². The molecule has 0 aliphatic carbocycles. The fourth-order valence-electron chi connectivity index (χ4n) is 2.14. The number of aromatic nitrogens is 2. The first-order valence-corrected chi connectivity index (χ1v) is 9.46. The number of aromatic hydroxyl groups is 1. The molecule has 0 spiro atoms. The highest BCUT2D eigenvalue weighted by Gasteiger charge is 2.15. The number of H-pyrrole nitrogens is 1. The summed E-state index contributed by atoms with van der Waals surface area (Å²) in [4.78, 5) is 12.4. The molecule has 10 nitrogen and oxygen atoms in total. The Hall–Kier alpha value is -2.93. The van der Waals surface area contributed by atoms with Gasteiger partial charge in [-0.15, -0.1) is 5.11 Å². The molecule has 3 rings (SSSR count). The summed E-state index contributed by atoms with van der Waals surface area (Å²) in [6.07, 6.45) is 0. The van der Waals surface area contributed by atoms with Gasteiger partial charge in [-0.3, -0.25) is 9.89 Å². The van der Waals surface area contributed by atoms with Crippen molar-refractivity contribution in [1.29, 1.82) is 0 Å². The van der Waals surface area contributed by atoms with Gasteiger partial charge in [0.2, 0.25) is 11.6 Å². The minimum atomic E-state index is -2.14. The SMILES string of the molecule is O=c1[nH]n(-c2ccc(S(=O)O)cc2)c(O)c1N=Nc1ccc(S(=O)O)cc1. The van der Waals surface area contributed by atoms with E-state index in [2.05, 4.69) is 15.3 Å². The first kappa shape index (κ1) is 18.8. The van der Waals surface area contributed by atoms with E-state index in [1.54, 1.807) is 0 Å². The minimum Gasteiger partial charge on any atom is -0.492 e. The summed E-state index contributed by atoms with van der Waals surface area (Å²) in [5, 5.41) is 20.2. The number of benzene rings is 2. The molecule has 0 bridgehead atoms. The van der Waals surface area contributed by atoms with Crippen molar-refractivity contribution in [1.82, 2.24) is 9.78 Å². The van der Waals surface area contributed by atoms with Crippen LogP contribution in [0.5, 0.6) is 5.88 Å². The highest BCUT2D eigenvalue weighted by Crippen LogP contribution is 2.27. The van der Waals surface area contributed by atoms with Crippen molar-refractivity contribution in [3.63, 3.8) is 0 Å². The monoisotopic (exact) mass is 408 g/mol. The van der Waals surface area contributed by atoms with E-state index in [1.807, 2.05) is 0 Å². The molecule has 0 saturated heterocycles. The third kappa shape index (κ3) is 4.09. The maximum Gasteiger partial charge on any atom is 0.296 e. The van der Waals surface area contributed by atoms with Gasteiger partial charge in [0.05, 0.1) is 21.2 Å². The zero-order valence-corrected chi connectivity index (χ0v) is 15.0. The number of rotatable bonds is 5. The van der Waals surface area contributed by atoms with Gasteiger partial charge in [-0.1, -0.05) is 0 Å². The van der Waals surface area contributed by atoms with Gasteiger partial charge >= 0.3 is 0 Å². The Bertz CT molecular complexity index is 1100. The topological polar surface area (TPSA) is 157 Å². The Balaban J connectivity index is 1.90. The zero-order valence-electron chi connectivity index (χ0n) is 13.3. The average Bonchev–Trinajstić information content (AvgIpc) is 2.94. The fraction of sp³-hybridized carbons (Fsp3) is 0. The van der Waals surface area contributed by atoms with E-state index in [1.165, 1.54) is 48.5 Å². The van der Waals surface area contributed by atoms with E-state index in [4.69, 9.17) is 9.11 Å². The lowest BCUT2D eigenvalue weighted by atomic mass is 10.3. The van der Waals surface area contributed by atoms with Crippen LogP contribution in [0, 0.1) is 0 Å². The van der Waals surface area contributed by atoms with Gasteiger partial charge in [-0.05, 0) is 48.5 Å². The zero-order chi connectivity index (χ0) is 19.6. The molecule has 2 atom stereocenters. The van der Waals surface area contributed by atoms with Gasteiger partial charge in [0, 0.05) is 0 Å². The van der Waals surface area contributed by atoms with Crippen molar-refractivity contribution < 1.29 is 22.6 Å². The highest BCUT2D eigenvalue weighted by atomic mass is 32.2. The number of hydrogen-bond donors (Lipinski definition) is 4. The molecule has 4 N–H and O–H groups in total. The van der Waals surface area contributed by atoms with Crippen molar-refractivity contribution in [2.75, 3.05) is 0 Å². The van der Waals surface area contributed by atoms with Crippen LogP contribution in [-0.4, -0.2) is 32.4 Å². The lowest BCUT2D eigenvalue weighted by Crippen LogP contribution is -2.03. The third-order valence-corrected chi connectivity index (χ3v) is 4.80. The van der Waals surface area contributed by atoms with Crippen molar-refractivity contribution >= 4 is 33.5 Å². The molecule has 12 heteroatoms. The molecule has 2 unspecified atom stereocenters. The molecular formula is C15H12N4O6S2. The molecular weight excluding hydrogens is 396 g/mol. The number of hydrogen-bond acceptors (Lipinski definition) is 6. The highest BCUT2D eigenvalue weighted by molar-refractivity contribution is 7.79. The van der Waals surface area contributed by atoms with Crippen LogP contribution in [-0.2, 0) is 22.2 Å². The minimum absolute atomic E-state index is 0.167. The summed E-state index contributed by atoms with van der Waals surface area (Å²) >= 11 is -4.25. The van der Waals surface area contributed by atoms with Gasteiger partial charge in [0.1, 0.15) is 0 Å². The predicted octanol–water partition coefficient (Wildman–Crippen LogP) is 2.45. The molecule has 0 aliphatic rings. The molecule has 0 fully saturated rings. The number of nitrogens with one attached hydrogen (secondary N) is 1. The largest absolute Gasteiger partial charge is 0.492 e. The smallest absolute Gasteiger partial charge is 0.296 e. The number of aromatic amines is 1. The summed E-state index contributed by atoms with van der Waals surface area (Å²) in [5.41, 5.74) is -0.376. The normalized spacial score (nSPS) is 13.7. The predicted molar refractivity (Wildman–Crippen MR) is 96.7 cm³/mol. The molecule has 0 radical (unpaired) electrons. The van der Waals surface area contributed by atoms with Crippen LogP contribution >= 0.6 is 0 Å². The molecule has 1 aromatic heterocycles. The van der Waals surface area contributed by atoms with Crippen LogP contribution in [0.2, 0.25) is 0 Å². The lowest BCUT2D eigenvalue weighted by Gasteiger charge is -2.04. The Kier molecular flexibility index (Phi) is 5.41. The van der Waals surface area contributed by atoms with Gasteiger partial charge in [-0.2, -0.15) is 5.11 Å². The van der Waals surface area contributed by atoms with Crippen LogP contribution in [0.1, 0.15) is 0 Å². The standard InChI is InChI=1S/C15H12N4O6S2/c20-14-13(17-16-9-1-5-11(6-2-9)26(22)23)15(21)19(18-14)10-3-7-12(8-4-10)27(24)25/h1-8,21H,(H,18,20)(H,22,23)(H,24,25). The van der Waals surface area contributed by atoms with Gasteiger partial charge < -0.3 is 14.2 Å². The van der Waals surface area contributed by atoms with E-state index in [9.17, 15) is 18.3 Å². The van der Waals surface area contributed by atoms with E-state index in [0.717, 1.165) is 4.68 Å². The second-order valence-corrected chi connectivity index (χ2v) is 7.07. The van der Waals surface area contributed by atoms with Crippen molar-refractivity contribution in [3.8, 4) is 11.6 Å². The van der Waals surface area contributed by atoms with Gasteiger partial charge in [-0.25, -0.2) is 13.1 Å². The van der Waals surface area contributed by atoms with Crippen molar-refractivity contribution in [3.05, 3.63) is 58.9 Å². The second kappa shape index (κ2) is 7.75. The van der Waals surface area contributed by atoms with Crippen LogP contribution < -0.4 is 5.56 Å². The first-order valence-electron chi connectivity index (χ1n) is 7.25. The molecule has 0 amide bonds. The Morgan fingerprint density at radius 1 is 0.852 bits per heavy atom. The Labute approximate surface area is 156 Å². The van der Waals surface area contributed by atoms with Crippen LogP contribution in [0.4, 0.5) is 11.4 Å². The molecule has 0 aliphatic heterocycles. The molecule has 1 heterocycles. The molecule has 140 valence electrons. The molecule has 3 aromatic rings. The average molecular weight is 408 g/mol. The maximum absolute atomic E-state index is 12.0. The molecule has 2 aromatic carbocycles. The second-order valence-electron chi connectivity index (χ2n) is 5.13. The Morgan fingerprint density at radius 2 is 1.37 bits per heavy atom. The quantitative estimate of drug-likeness (QED) is 0.375. The Morgan fingerprint density at radius 3 is 1.89 bits per heavy atom. The molecule has 0 saturated carbocycles. The number of nitrogens with zero attached hydrogens (tertiary/aromatic N) is 3. The summed E-state index contributed by atoms with van der Waals surface area (Å²) < 4.78 is 40.9. The van der Waals surface area contributed by atoms with E-state index in [-0.39, 0.29) is 15.5 Å². The molecule has 27 heavy (non-hydrogen) atoms.